The Balaban J connectivity index is 1.70. The molecule has 158 valence electrons. The maximum absolute atomic E-state index is 13.3. The van der Waals surface area contributed by atoms with E-state index in [0.29, 0.717) is 22.6 Å². The Hall–Kier alpha value is -3.67. The quantitative estimate of drug-likeness (QED) is 0.562. The molecule has 2 N–H and O–H groups in total. The maximum Gasteiger partial charge on any atom is 0.204 e. The van der Waals surface area contributed by atoms with Gasteiger partial charge in [-0.2, -0.15) is 0 Å². The molecule has 6 nitrogen and oxygen atoms in total. The van der Waals surface area contributed by atoms with Crippen molar-refractivity contribution in [2.45, 2.75) is 38.9 Å². The molecule has 0 bridgehead atoms. The predicted octanol–water partition coefficient (Wildman–Crippen LogP) is 5.24. The van der Waals surface area contributed by atoms with Crippen molar-refractivity contribution < 1.29 is 24.1 Å². The van der Waals surface area contributed by atoms with Gasteiger partial charge in [0.25, 0.3) is 0 Å². The summed E-state index contributed by atoms with van der Waals surface area (Å²) >= 11 is 0. The van der Waals surface area contributed by atoms with E-state index in [2.05, 4.69) is 0 Å². The number of benzene rings is 2. The van der Waals surface area contributed by atoms with E-state index in [1.807, 2.05) is 45.9 Å². The maximum atomic E-state index is 13.3. The molecule has 1 aromatic heterocycles. The highest BCUT2D eigenvalue weighted by Gasteiger charge is 2.28. The van der Waals surface area contributed by atoms with Crippen molar-refractivity contribution in [2.75, 3.05) is 0 Å². The van der Waals surface area contributed by atoms with E-state index in [4.69, 9.17) is 13.9 Å². The zero-order valence-corrected chi connectivity index (χ0v) is 17.6. The molecule has 6 heteroatoms. The van der Waals surface area contributed by atoms with Gasteiger partial charge in [-0.25, -0.2) is 0 Å². The van der Waals surface area contributed by atoms with Gasteiger partial charge in [-0.3, -0.25) is 4.79 Å². The summed E-state index contributed by atoms with van der Waals surface area (Å²) in [6, 6.07) is 4.77. The van der Waals surface area contributed by atoms with Gasteiger partial charge in [0.05, 0.1) is 11.1 Å². The summed E-state index contributed by atoms with van der Waals surface area (Å²) in [5.74, 6) is 0.645. The van der Waals surface area contributed by atoms with Crippen molar-refractivity contribution in [3.05, 3.63) is 58.0 Å². The van der Waals surface area contributed by atoms with Gasteiger partial charge in [0, 0.05) is 23.3 Å². The minimum absolute atomic E-state index is 0.0363. The van der Waals surface area contributed by atoms with Crippen molar-refractivity contribution in [1.29, 1.82) is 0 Å². The summed E-state index contributed by atoms with van der Waals surface area (Å²) in [5, 5.41) is 21.5. The normalized spacial score (nSPS) is 17.5. The molecular formula is C25H22O6. The zero-order valence-electron chi connectivity index (χ0n) is 17.6. The first-order valence-corrected chi connectivity index (χ1v) is 10.00. The molecule has 3 heterocycles. The molecule has 0 spiro atoms. The standard InChI is InChI=1S/C25H22O6/c1-24(2)7-5-13-9-15(17(26)10-18(13)30-24)16-12-29-20-11-19-14(6-8-25(3,4)31-19)22(27)21(20)23(16)28/h5-12,26-27H,1-4H3. The first-order chi connectivity index (χ1) is 14.5. The predicted molar refractivity (Wildman–Crippen MR) is 119 cm³/mol. The number of aromatic hydroxyl groups is 2. The van der Waals surface area contributed by atoms with Gasteiger partial charge in [-0.1, -0.05) is 6.08 Å². The molecule has 31 heavy (non-hydrogen) atoms. The number of hydrogen-bond donors (Lipinski definition) is 2. The van der Waals surface area contributed by atoms with E-state index in [0.717, 1.165) is 5.56 Å². The number of fused-ring (bicyclic) bond motifs is 3. The number of phenolic OH excluding ortho intramolecular Hbond substituents is 2. The molecular weight excluding hydrogens is 396 g/mol. The lowest BCUT2D eigenvalue weighted by atomic mass is 9.96. The van der Waals surface area contributed by atoms with Crippen LogP contribution in [0, 0.1) is 0 Å². The molecule has 2 aliphatic rings. The van der Waals surface area contributed by atoms with Gasteiger partial charge < -0.3 is 24.1 Å². The van der Waals surface area contributed by atoms with Crippen LogP contribution in [0.4, 0.5) is 0 Å². The van der Waals surface area contributed by atoms with Crippen molar-refractivity contribution >= 4 is 23.1 Å². The van der Waals surface area contributed by atoms with E-state index in [-0.39, 0.29) is 28.0 Å². The van der Waals surface area contributed by atoms with Crippen LogP contribution in [0.15, 0.2) is 45.8 Å². The second-order valence-corrected chi connectivity index (χ2v) is 8.97. The van der Waals surface area contributed by atoms with E-state index in [1.165, 1.54) is 12.3 Å². The summed E-state index contributed by atoms with van der Waals surface area (Å²) in [4.78, 5) is 13.3. The lowest BCUT2D eigenvalue weighted by Crippen LogP contribution is -2.27. The Kier molecular flexibility index (Phi) is 3.84. The summed E-state index contributed by atoms with van der Waals surface area (Å²) < 4.78 is 17.5. The topological polar surface area (TPSA) is 89.1 Å². The number of rotatable bonds is 1. The molecule has 5 rings (SSSR count). The van der Waals surface area contributed by atoms with Crippen LogP contribution in [0.5, 0.6) is 23.0 Å². The Labute approximate surface area is 178 Å². The van der Waals surface area contributed by atoms with Crippen LogP contribution < -0.4 is 14.9 Å². The lowest BCUT2D eigenvalue weighted by Gasteiger charge is -2.28. The SMILES string of the molecule is CC1(C)C=Cc2cc(-c3coc4cc5c(c(O)c4c3=O)C=CC(C)(C)O5)c(O)cc2O1. The highest BCUT2D eigenvalue weighted by Crippen LogP contribution is 2.43. The van der Waals surface area contributed by atoms with Gasteiger partial charge in [-0.05, 0) is 52.0 Å². The summed E-state index contributed by atoms with van der Waals surface area (Å²) in [6.07, 6.45) is 8.64. The van der Waals surface area contributed by atoms with Crippen LogP contribution in [-0.2, 0) is 0 Å². The Morgan fingerprint density at radius 1 is 0.839 bits per heavy atom. The second kappa shape index (κ2) is 6.17. The van der Waals surface area contributed by atoms with Gasteiger partial charge in [0.15, 0.2) is 0 Å². The minimum atomic E-state index is -0.535. The zero-order chi connectivity index (χ0) is 22.1. The van der Waals surface area contributed by atoms with E-state index >= 15 is 0 Å². The Morgan fingerprint density at radius 3 is 2.26 bits per heavy atom. The Morgan fingerprint density at radius 2 is 1.52 bits per heavy atom. The fourth-order valence-electron chi connectivity index (χ4n) is 3.92. The van der Waals surface area contributed by atoms with Crippen LogP contribution in [-0.4, -0.2) is 21.4 Å². The average molecular weight is 418 g/mol. The highest BCUT2D eigenvalue weighted by molar-refractivity contribution is 5.93. The fourth-order valence-corrected chi connectivity index (χ4v) is 3.92. The smallest absolute Gasteiger partial charge is 0.204 e. The summed E-state index contributed by atoms with van der Waals surface area (Å²) in [5.41, 5.74) is 0.332. The molecule has 2 aromatic carbocycles. The van der Waals surface area contributed by atoms with Crippen molar-refractivity contribution in [2.24, 2.45) is 0 Å². The average Bonchev–Trinajstić information content (AvgIpc) is 2.66. The molecule has 0 aliphatic carbocycles. The van der Waals surface area contributed by atoms with E-state index in [1.54, 1.807) is 18.2 Å². The molecule has 0 atom stereocenters. The third-order valence-electron chi connectivity index (χ3n) is 5.52. The molecule has 0 saturated heterocycles. The van der Waals surface area contributed by atoms with E-state index in [9.17, 15) is 15.0 Å². The van der Waals surface area contributed by atoms with Crippen LogP contribution >= 0.6 is 0 Å². The van der Waals surface area contributed by atoms with Crippen molar-refractivity contribution in [3.8, 4) is 34.1 Å². The third kappa shape index (κ3) is 3.06. The van der Waals surface area contributed by atoms with Crippen LogP contribution in [0.3, 0.4) is 0 Å². The second-order valence-electron chi connectivity index (χ2n) is 8.97. The van der Waals surface area contributed by atoms with Crippen LogP contribution in [0.25, 0.3) is 34.2 Å². The number of ether oxygens (including phenoxy) is 2. The van der Waals surface area contributed by atoms with Gasteiger partial charge >= 0.3 is 0 Å². The molecule has 3 aromatic rings. The van der Waals surface area contributed by atoms with Gasteiger partial charge in [0.1, 0.15) is 51.4 Å². The molecule has 2 aliphatic heterocycles. The summed E-state index contributed by atoms with van der Waals surface area (Å²) in [6.45, 7) is 7.62. The minimum Gasteiger partial charge on any atom is -0.507 e. The first kappa shape index (κ1) is 19.3. The molecule has 0 fully saturated rings. The lowest BCUT2D eigenvalue weighted by molar-refractivity contribution is 0.158. The number of hydrogen-bond acceptors (Lipinski definition) is 6. The first-order valence-electron chi connectivity index (χ1n) is 10.00. The highest BCUT2D eigenvalue weighted by atomic mass is 16.5. The number of phenols is 2. The van der Waals surface area contributed by atoms with Crippen LogP contribution in [0.1, 0.15) is 38.8 Å². The van der Waals surface area contributed by atoms with Crippen molar-refractivity contribution in [3.63, 3.8) is 0 Å². The summed E-state index contributed by atoms with van der Waals surface area (Å²) in [7, 11) is 0. The third-order valence-corrected chi connectivity index (χ3v) is 5.52. The molecule has 0 amide bonds. The monoisotopic (exact) mass is 418 g/mol. The molecule has 0 saturated carbocycles. The largest absolute Gasteiger partial charge is 0.507 e. The molecule has 0 radical (unpaired) electrons. The Bertz CT molecular complexity index is 1370. The van der Waals surface area contributed by atoms with E-state index < -0.39 is 16.6 Å². The van der Waals surface area contributed by atoms with Gasteiger partial charge in [-0.15, -0.1) is 0 Å². The van der Waals surface area contributed by atoms with Crippen LogP contribution in [0.2, 0.25) is 0 Å². The fraction of sp³-hybridized carbons (Fsp3) is 0.240. The van der Waals surface area contributed by atoms with Gasteiger partial charge in [0.2, 0.25) is 5.43 Å². The molecule has 0 unspecified atom stereocenters. The van der Waals surface area contributed by atoms with Crippen molar-refractivity contribution in [1.82, 2.24) is 0 Å².